The summed E-state index contributed by atoms with van der Waals surface area (Å²) in [6, 6.07) is 9.93. The molecular formula is C20H27N3O. The second-order valence-electron chi connectivity index (χ2n) is 7.17. The van der Waals surface area contributed by atoms with Crippen LogP contribution in [0, 0.1) is 24.2 Å². The molecule has 3 aliphatic rings. The van der Waals surface area contributed by atoms with Gasteiger partial charge in [-0.05, 0) is 50.4 Å². The minimum Gasteiger partial charge on any atom is -0.350 e. The topological polar surface area (TPSA) is 35.6 Å². The van der Waals surface area contributed by atoms with E-state index in [0.29, 0.717) is 12.0 Å². The maximum atomic E-state index is 12.2. The summed E-state index contributed by atoms with van der Waals surface area (Å²) < 4.78 is 0. The summed E-state index contributed by atoms with van der Waals surface area (Å²) in [5, 5.41) is 3.11. The van der Waals surface area contributed by atoms with Crippen molar-refractivity contribution in [2.45, 2.75) is 18.9 Å². The van der Waals surface area contributed by atoms with Gasteiger partial charge in [-0.3, -0.25) is 14.6 Å². The van der Waals surface area contributed by atoms with Crippen molar-refractivity contribution in [2.24, 2.45) is 11.8 Å². The van der Waals surface area contributed by atoms with Gasteiger partial charge in [0, 0.05) is 31.2 Å². The van der Waals surface area contributed by atoms with Crippen LogP contribution in [0.4, 0.5) is 0 Å². The van der Waals surface area contributed by atoms with Gasteiger partial charge < -0.3 is 5.32 Å². The molecule has 2 bridgehead atoms. The zero-order valence-electron chi connectivity index (χ0n) is 14.4. The Morgan fingerprint density at radius 1 is 1.42 bits per heavy atom. The molecule has 24 heavy (non-hydrogen) atoms. The largest absolute Gasteiger partial charge is 0.350 e. The Bertz CT molecular complexity index is 595. The van der Waals surface area contributed by atoms with Gasteiger partial charge in [0.05, 0.1) is 6.54 Å². The van der Waals surface area contributed by atoms with Crippen molar-refractivity contribution in [1.82, 2.24) is 15.1 Å². The van der Waals surface area contributed by atoms with Gasteiger partial charge in [0.1, 0.15) is 0 Å². The normalized spacial score (nSPS) is 28.5. The van der Waals surface area contributed by atoms with E-state index in [9.17, 15) is 4.79 Å². The van der Waals surface area contributed by atoms with Crippen LogP contribution >= 0.6 is 0 Å². The summed E-state index contributed by atoms with van der Waals surface area (Å²) in [4.78, 5) is 17.0. The molecule has 128 valence electrons. The standard InChI is InChI=1S/C20H27N3O/c1-3-10-22(2)14-18-15-23-11-9-17(18)12-19(23)13-21-20(24)16-7-5-4-6-8-16/h1,4-8,17-19H,9-15H2,2H3,(H,21,24). The summed E-state index contributed by atoms with van der Waals surface area (Å²) in [5.74, 6) is 4.22. The molecule has 0 spiro atoms. The molecule has 0 saturated carbocycles. The number of piperidine rings is 3. The highest BCUT2D eigenvalue weighted by Crippen LogP contribution is 2.36. The highest BCUT2D eigenvalue weighted by molar-refractivity contribution is 5.94. The van der Waals surface area contributed by atoms with Crippen LogP contribution in [0.3, 0.4) is 0 Å². The lowest BCUT2D eigenvalue weighted by Gasteiger charge is -2.50. The highest BCUT2D eigenvalue weighted by Gasteiger charge is 2.40. The van der Waals surface area contributed by atoms with E-state index in [0.717, 1.165) is 44.2 Å². The third-order valence-corrected chi connectivity index (χ3v) is 5.46. The Hall–Kier alpha value is -1.83. The number of carbonyl (C=O) groups is 1. The Balaban J connectivity index is 1.50. The molecule has 4 heteroatoms. The fourth-order valence-electron chi connectivity index (χ4n) is 4.19. The van der Waals surface area contributed by atoms with E-state index in [4.69, 9.17) is 6.42 Å². The van der Waals surface area contributed by atoms with Crippen molar-refractivity contribution < 1.29 is 4.79 Å². The monoisotopic (exact) mass is 325 g/mol. The fraction of sp³-hybridized carbons (Fsp3) is 0.550. The van der Waals surface area contributed by atoms with Crippen LogP contribution in [0.25, 0.3) is 0 Å². The predicted octanol–water partition coefficient (Wildman–Crippen LogP) is 1.69. The second-order valence-corrected chi connectivity index (χ2v) is 7.17. The average molecular weight is 325 g/mol. The second kappa shape index (κ2) is 7.83. The summed E-state index contributed by atoms with van der Waals surface area (Å²) in [6.45, 7) is 4.84. The van der Waals surface area contributed by atoms with E-state index in [1.165, 1.54) is 12.8 Å². The van der Waals surface area contributed by atoms with Crippen molar-refractivity contribution in [2.75, 3.05) is 39.8 Å². The smallest absolute Gasteiger partial charge is 0.251 e. The minimum absolute atomic E-state index is 0.0311. The molecular weight excluding hydrogens is 298 g/mol. The SMILES string of the molecule is C#CCN(C)CC1CN2CCC1CC2CNC(=O)c1ccccc1. The van der Waals surface area contributed by atoms with Gasteiger partial charge in [-0.1, -0.05) is 24.1 Å². The van der Waals surface area contributed by atoms with E-state index in [1.807, 2.05) is 30.3 Å². The zero-order valence-corrected chi connectivity index (χ0v) is 14.4. The number of terminal acetylenes is 1. The van der Waals surface area contributed by atoms with Gasteiger partial charge in [0.25, 0.3) is 5.91 Å². The highest BCUT2D eigenvalue weighted by atomic mass is 16.1. The molecule has 1 aromatic carbocycles. The fourth-order valence-corrected chi connectivity index (χ4v) is 4.19. The summed E-state index contributed by atoms with van der Waals surface area (Å²) in [6.07, 6.45) is 7.87. The lowest BCUT2D eigenvalue weighted by Crippen LogP contribution is -2.58. The predicted molar refractivity (Wildman–Crippen MR) is 96.7 cm³/mol. The van der Waals surface area contributed by atoms with Gasteiger partial charge in [0.15, 0.2) is 0 Å². The van der Waals surface area contributed by atoms with Crippen molar-refractivity contribution in [1.29, 1.82) is 0 Å². The first-order valence-electron chi connectivity index (χ1n) is 8.86. The van der Waals surface area contributed by atoms with E-state index in [1.54, 1.807) is 0 Å². The number of hydrogen-bond donors (Lipinski definition) is 1. The quantitative estimate of drug-likeness (QED) is 0.809. The number of fused-ring (bicyclic) bond motifs is 3. The average Bonchev–Trinajstić information content (AvgIpc) is 2.61. The number of hydrogen-bond acceptors (Lipinski definition) is 3. The Labute approximate surface area is 145 Å². The third-order valence-electron chi connectivity index (χ3n) is 5.46. The molecule has 1 amide bonds. The molecule has 1 aromatic rings. The van der Waals surface area contributed by atoms with Crippen LogP contribution in [0.1, 0.15) is 23.2 Å². The maximum absolute atomic E-state index is 12.2. The van der Waals surface area contributed by atoms with E-state index < -0.39 is 0 Å². The minimum atomic E-state index is 0.0311. The van der Waals surface area contributed by atoms with Crippen LogP contribution in [0.15, 0.2) is 30.3 Å². The number of amides is 1. The van der Waals surface area contributed by atoms with Crippen LogP contribution in [0.5, 0.6) is 0 Å². The van der Waals surface area contributed by atoms with Gasteiger partial charge >= 0.3 is 0 Å². The number of rotatable bonds is 6. The lowest BCUT2D eigenvalue weighted by atomic mass is 9.75. The summed E-state index contributed by atoms with van der Waals surface area (Å²) >= 11 is 0. The number of nitrogens with zero attached hydrogens (tertiary/aromatic N) is 2. The molecule has 4 atom stereocenters. The maximum Gasteiger partial charge on any atom is 0.251 e. The molecule has 3 aliphatic heterocycles. The van der Waals surface area contributed by atoms with Gasteiger partial charge in [0.2, 0.25) is 0 Å². The first-order valence-corrected chi connectivity index (χ1v) is 8.86. The molecule has 3 fully saturated rings. The Morgan fingerprint density at radius 3 is 2.88 bits per heavy atom. The summed E-state index contributed by atoms with van der Waals surface area (Å²) in [7, 11) is 2.11. The van der Waals surface area contributed by atoms with Crippen LogP contribution in [-0.2, 0) is 0 Å². The number of benzene rings is 1. The molecule has 4 rings (SSSR count). The molecule has 4 nitrogen and oxygen atoms in total. The van der Waals surface area contributed by atoms with Gasteiger partial charge in [-0.25, -0.2) is 0 Å². The molecule has 4 unspecified atom stereocenters. The third kappa shape index (κ3) is 3.98. The zero-order chi connectivity index (χ0) is 16.9. The van der Waals surface area contributed by atoms with Crippen molar-refractivity contribution in [3.05, 3.63) is 35.9 Å². The first kappa shape index (κ1) is 17.0. The van der Waals surface area contributed by atoms with E-state index in [-0.39, 0.29) is 5.91 Å². The van der Waals surface area contributed by atoms with Gasteiger partial charge in [-0.15, -0.1) is 6.42 Å². The summed E-state index contributed by atoms with van der Waals surface area (Å²) in [5.41, 5.74) is 0.738. The van der Waals surface area contributed by atoms with Crippen molar-refractivity contribution >= 4 is 5.91 Å². The first-order chi connectivity index (χ1) is 11.7. The number of nitrogens with one attached hydrogen (secondary N) is 1. The molecule has 3 saturated heterocycles. The van der Waals surface area contributed by atoms with E-state index >= 15 is 0 Å². The lowest BCUT2D eigenvalue weighted by molar-refractivity contribution is -0.00762. The molecule has 0 aliphatic carbocycles. The number of carbonyl (C=O) groups excluding carboxylic acids is 1. The van der Waals surface area contributed by atoms with Crippen LogP contribution in [0.2, 0.25) is 0 Å². The Morgan fingerprint density at radius 2 is 2.21 bits per heavy atom. The Kier molecular flexibility index (Phi) is 5.55. The van der Waals surface area contributed by atoms with E-state index in [2.05, 4.69) is 28.1 Å². The van der Waals surface area contributed by atoms with Crippen LogP contribution in [-0.4, -0.2) is 61.5 Å². The molecule has 0 radical (unpaired) electrons. The molecule has 3 heterocycles. The van der Waals surface area contributed by atoms with Gasteiger partial charge in [-0.2, -0.15) is 0 Å². The van der Waals surface area contributed by atoms with Crippen molar-refractivity contribution in [3.63, 3.8) is 0 Å². The van der Waals surface area contributed by atoms with Crippen LogP contribution < -0.4 is 5.32 Å². The van der Waals surface area contributed by atoms with Crippen molar-refractivity contribution in [3.8, 4) is 12.3 Å². The molecule has 0 aromatic heterocycles. The molecule has 1 N–H and O–H groups in total.